The minimum atomic E-state index is -0.465. The average Bonchev–Trinajstić information content (AvgIpc) is 2.94. The first-order chi connectivity index (χ1) is 9.15. The molecule has 2 rings (SSSR count). The van der Waals surface area contributed by atoms with Gasteiger partial charge >= 0.3 is 5.97 Å². The van der Waals surface area contributed by atoms with E-state index >= 15 is 0 Å². The zero-order chi connectivity index (χ0) is 13.8. The van der Waals surface area contributed by atoms with Crippen LogP contribution in [-0.2, 0) is 0 Å². The number of hydrogen-bond acceptors (Lipinski definition) is 5. The average molecular weight is 341 g/mol. The molecule has 98 valence electrons. The summed E-state index contributed by atoms with van der Waals surface area (Å²) in [7, 11) is 1.44. The number of carbonyl (C=O) groups excluding carboxylic acids is 2. The number of benzene rings is 1. The van der Waals surface area contributed by atoms with E-state index in [4.69, 9.17) is 9.47 Å². The fourth-order valence-corrected chi connectivity index (χ4v) is 2.58. The highest BCUT2D eigenvalue weighted by molar-refractivity contribution is 9.10. The van der Waals surface area contributed by atoms with Gasteiger partial charge in [-0.2, -0.15) is 0 Å². The molecule has 1 heterocycles. The standard InChI is InChI=1S/C13H9BrO4S/c1-17-10-6-8(7-15)5-9(14)12(10)18-13(16)11-3-2-4-19-11/h2-7H,1H3. The van der Waals surface area contributed by atoms with Gasteiger partial charge in [-0.05, 0) is 39.5 Å². The van der Waals surface area contributed by atoms with Gasteiger partial charge in [0.2, 0.25) is 0 Å². The number of ether oxygens (including phenoxy) is 2. The van der Waals surface area contributed by atoms with E-state index in [0.717, 1.165) is 0 Å². The number of aldehydes is 1. The van der Waals surface area contributed by atoms with Crippen LogP contribution in [0.5, 0.6) is 11.5 Å². The SMILES string of the molecule is COc1cc(C=O)cc(Br)c1OC(=O)c1cccs1. The molecule has 4 nitrogen and oxygen atoms in total. The molecular weight excluding hydrogens is 332 g/mol. The van der Waals surface area contributed by atoms with Crippen LogP contribution < -0.4 is 9.47 Å². The second-order valence-corrected chi connectivity index (χ2v) is 5.32. The van der Waals surface area contributed by atoms with Crippen molar-refractivity contribution in [1.82, 2.24) is 0 Å². The molecule has 0 aliphatic rings. The lowest BCUT2D eigenvalue weighted by Gasteiger charge is -2.11. The van der Waals surface area contributed by atoms with Gasteiger partial charge in [-0.1, -0.05) is 6.07 Å². The number of carbonyl (C=O) groups is 2. The Hall–Kier alpha value is -1.66. The number of hydrogen-bond donors (Lipinski definition) is 0. The normalized spacial score (nSPS) is 10.0. The third kappa shape index (κ3) is 3.02. The zero-order valence-corrected chi connectivity index (χ0v) is 12.3. The van der Waals surface area contributed by atoms with Gasteiger partial charge in [-0.25, -0.2) is 4.79 Å². The molecule has 0 N–H and O–H groups in total. The van der Waals surface area contributed by atoms with E-state index in [1.807, 2.05) is 0 Å². The van der Waals surface area contributed by atoms with Gasteiger partial charge in [-0.15, -0.1) is 11.3 Å². The summed E-state index contributed by atoms with van der Waals surface area (Å²) in [5.74, 6) is 0.112. The van der Waals surface area contributed by atoms with Crippen molar-refractivity contribution in [2.45, 2.75) is 0 Å². The molecule has 0 fully saturated rings. The highest BCUT2D eigenvalue weighted by Crippen LogP contribution is 2.37. The Morgan fingerprint density at radius 1 is 1.42 bits per heavy atom. The van der Waals surface area contributed by atoms with Crippen LogP contribution in [0.1, 0.15) is 20.0 Å². The first-order valence-corrected chi connectivity index (χ1v) is 6.91. The van der Waals surface area contributed by atoms with Crippen molar-refractivity contribution >= 4 is 39.5 Å². The van der Waals surface area contributed by atoms with E-state index < -0.39 is 5.97 Å². The topological polar surface area (TPSA) is 52.6 Å². The van der Waals surface area contributed by atoms with Crippen LogP contribution in [0, 0.1) is 0 Å². The largest absolute Gasteiger partial charge is 0.493 e. The molecule has 0 aliphatic heterocycles. The highest BCUT2D eigenvalue weighted by atomic mass is 79.9. The quantitative estimate of drug-likeness (QED) is 0.485. The summed E-state index contributed by atoms with van der Waals surface area (Å²) >= 11 is 4.55. The van der Waals surface area contributed by atoms with Crippen molar-refractivity contribution in [1.29, 1.82) is 0 Å². The van der Waals surface area contributed by atoms with Crippen molar-refractivity contribution in [3.05, 3.63) is 44.6 Å². The lowest BCUT2D eigenvalue weighted by atomic mass is 10.2. The Morgan fingerprint density at radius 2 is 2.21 bits per heavy atom. The Bertz CT molecular complexity index is 607. The predicted octanol–water partition coefficient (Wildman–Crippen LogP) is 3.55. The summed E-state index contributed by atoms with van der Waals surface area (Å²) in [6.07, 6.45) is 0.693. The molecule has 0 radical (unpaired) electrons. The Morgan fingerprint density at radius 3 is 2.79 bits per heavy atom. The highest BCUT2D eigenvalue weighted by Gasteiger charge is 2.17. The molecule has 0 aliphatic carbocycles. The van der Waals surface area contributed by atoms with Crippen LogP contribution >= 0.6 is 27.3 Å². The molecule has 0 unspecified atom stereocenters. The Balaban J connectivity index is 2.34. The maximum Gasteiger partial charge on any atom is 0.353 e. The number of halogens is 1. The van der Waals surface area contributed by atoms with Crippen LogP contribution in [0.2, 0.25) is 0 Å². The fraction of sp³-hybridized carbons (Fsp3) is 0.0769. The predicted molar refractivity (Wildman–Crippen MR) is 75.4 cm³/mol. The smallest absolute Gasteiger partial charge is 0.353 e. The number of rotatable bonds is 4. The van der Waals surface area contributed by atoms with Gasteiger partial charge in [0.1, 0.15) is 11.2 Å². The maximum atomic E-state index is 11.9. The van der Waals surface area contributed by atoms with E-state index in [1.165, 1.54) is 24.5 Å². The van der Waals surface area contributed by atoms with Crippen LogP contribution in [0.25, 0.3) is 0 Å². The molecule has 0 bridgehead atoms. The zero-order valence-electron chi connectivity index (χ0n) is 9.88. The molecule has 1 aromatic carbocycles. The van der Waals surface area contributed by atoms with E-state index in [9.17, 15) is 9.59 Å². The van der Waals surface area contributed by atoms with Gasteiger partial charge in [0.25, 0.3) is 0 Å². The second kappa shape index (κ2) is 5.99. The summed E-state index contributed by atoms with van der Waals surface area (Å²) in [5, 5.41) is 1.79. The molecule has 6 heteroatoms. The summed E-state index contributed by atoms with van der Waals surface area (Å²) < 4.78 is 10.9. The monoisotopic (exact) mass is 340 g/mol. The lowest BCUT2D eigenvalue weighted by Crippen LogP contribution is -2.08. The molecule has 1 aromatic heterocycles. The van der Waals surface area contributed by atoms with Crippen LogP contribution in [0.3, 0.4) is 0 Å². The van der Waals surface area contributed by atoms with Crippen molar-refractivity contribution in [2.75, 3.05) is 7.11 Å². The summed E-state index contributed by atoms with van der Waals surface area (Å²) in [4.78, 5) is 23.2. The van der Waals surface area contributed by atoms with E-state index in [-0.39, 0.29) is 5.75 Å². The van der Waals surface area contributed by atoms with Gasteiger partial charge in [-0.3, -0.25) is 4.79 Å². The molecule has 0 atom stereocenters. The molecule has 0 saturated carbocycles. The van der Waals surface area contributed by atoms with E-state index in [1.54, 1.807) is 23.6 Å². The van der Waals surface area contributed by atoms with Crippen LogP contribution in [0.4, 0.5) is 0 Å². The lowest BCUT2D eigenvalue weighted by molar-refractivity contribution is 0.0733. The molecule has 0 spiro atoms. The van der Waals surface area contributed by atoms with Gasteiger partial charge in [0, 0.05) is 5.56 Å². The fourth-order valence-electron chi connectivity index (χ4n) is 1.44. The molecule has 19 heavy (non-hydrogen) atoms. The third-order valence-corrected chi connectivity index (χ3v) is 3.74. The first-order valence-electron chi connectivity index (χ1n) is 5.24. The van der Waals surface area contributed by atoms with Gasteiger partial charge in [0.15, 0.2) is 11.5 Å². The Kier molecular flexibility index (Phi) is 4.34. The Labute approximate surface area is 122 Å². The second-order valence-electron chi connectivity index (χ2n) is 3.52. The number of thiophene rings is 1. The number of esters is 1. The summed E-state index contributed by atoms with van der Waals surface area (Å²) in [6.45, 7) is 0. The summed E-state index contributed by atoms with van der Waals surface area (Å²) in [5.41, 5.74) is 0.430. The van der Waals surface area contributed by atoms with Gasteiger partial charge in [0.05, 0.1) is 11.6 Å². The molecule has 0 amide bonds. The minimum absolute atomic E-state index is 0.256. The van der Waals surface area contributed by atoms with Crippen molar-refractivity contribution < 1.29 is 19.1 Å². The van der Waals surface area contributed by atoms with Crippen molar-refractivity contribution in [3.8, 4) is 11.5 Å². The van der Waals surface area contributed by atoms with Crippen molar-refractivity contribution in [2.24, 2.45) is 0 Å². The first kappa shape index (κ1) is 13.8. The van der Waals surface area contributed by atoms with Gasteiger partial charge < -0.3 is 9.47 Å². The van der Waals surface area contributed by atoms with E-state index in [0.29, 0.717) is 26.9 Å². The number of methoxy groups -OCH3 is 1. The molecule has 2 aromatic rings. The van der Waals surface area contributed by atoms with Crippen molar-refractivity contribution in [3.63, 3.8) is 0 Å². The maximum absolute atomic E-state index is 11.9. The van der Waals surface area contributed by atoms with Crippen LogP contribution in [0.15, 0.2) is 34.1 Å². The van der Waals surface area contributed by atoms with Crippen LogP contribution in [-0.4, -0.2) is 19.4 Å². The van der Waals surface area contributed by atoms with E-state index in [2.05, 4.69) is 15.9 Å². The molecule has 0 saturated heterocycles. The molecular formula is C13H9BrO4S. The minimum Gasteiger partial charge on any atom is -0.493 e. The summed E-state index contributed by atoms with van der Waals surface area (Å²) in [6, 6.07) is 6.51. The third-order valence-electron chi connectivity index (χ3n) is 2.30.